The quantitative estimate of drug-likeness (QED) is 0.650. The van der Waals surface area contributed by atoms with Crippen molar-refractivity contribution in [2.75, 3.05) is 73.0 Å². The molecule has 1 unspecified atom stereocenters. The van der Waals surface area contributed by atoms with Crippen LogP contribution in [0.2, 0.25) is 0 Å². The van der Waals surface area contributed by atoms with E-state index in [0.29, 0.717) is 6.54 Å². The Morgan fingerprint density at radius 1 is 0.824 bits per heavy atom. The van der Waals surface area contributed by atoms with Gasteiger partial charge < -0.3 is 9.80 Å². The van der Waals surface area contributed by atoms with Crippen LogP contribution in [0.3, 0.4) is 0 Å². The lowest BCUT2D eigenvalue weighted by Gasteiger charge is -2.38. The van der Waals surface area contributed by atoms with Crippen molar-refractivity contribution in [3.8, 4) is 0 Å². The zero-order valence-electron chi connectivity index (χ0n) is 11.1. The van der Waals surface area contributed by atoms with Crippen molar-refractivity contribution in [1.29, 1.82) is 0 Å². The van der Waals surface area contributed by atoms with Crippen LogP contribution in [0.25, 0.3) is 0 Å². The smallest absolute Gasteiger partial charge is 0.159 e. The fourth-order valence-electron chi connectivity index (χ4n) is 2.48. The van der Waals surface area contributed by atoms with Gasteiger partial charge in [0, 0.05) is 58.9 Å². The Morgan fingerprint density at radius 3 is 1.82 bits per heavy atom. The molecule has 5 heteroatoms. The monoisotopic (exact) mass is 241 g/mol. The Morgan fingerprint density at radius 2 is 1.29 bits per heavy atom. The molecule has 0 aliphatic carbocycles. The molecule has 2 aliphatic rings. The number of hydrogen-bond acceptors (Lipinski definition) is 4. The lowest BCUT2D eigenvalue weighted by Crippen LogP contribution is -2.54. The van der Waals surface area contributed by atoms with E-state index < -0.39 is 6.23 Å². The van der Waals surface area contributed by atoms with Gasteiger partial charge in [-0.25, -0.2) is 5.11 Å². The van der Waals surface area contributed by atoms with Gasteiger partial charge in [0.25, 0.3) is 0 Å². The molecule has 0 aromatic heterocycles. The first-order valence-corrected chi connectivity index (χ1v) is 6.64. The molecule has 1 radical (unpaired) electrons. The van der Waals surface area contributed by atoms with Gasteiger partial charge in [-0.2, -0.15) is 0 Å². The van der Waals surface area contributed by atoms with Crippen LogP contribution in [-0.4, -0.2) is 98.8 Å². The molecule has 2 heterocycles. The van der Waals surface area contributed by atoms with Crippen molar-refractivity contribution >= 4 is 0 Å². The van der Waals surface area contributed by atoms with Crippen molar-refractivity contribution in [2.24, 2.45) is 0 Å². The van der Waals surface area contributed by atoms with E-state index >= 15 is 0 Å². The maximum Gasteiger partial charge on any atom is 0.159 e. The second-order valence-electron chi connectivity index (χ2n) is 5.40. The lowest BCUT2D eigenvalue weighted by atomic mass is 10.2. The number of hydrogen-bond donors (Lipinski definition) is 0. The molecule has 0 aromatic carbocycles. The molecule has 2 fully saturated rings. The molecule has 2 aliphatic heterocycles. The van der Waals surface area contributed by atoms with Gasteiger partial charge in [0.15, 0.2) is 6.23 Å². The summed E-state index contributed by atoms with van der Waals surface area (Å²) in [5.74, 6) is 0. The lowest BCUT2D eigenvalue weighted by molar-refractivity contribution is -0.0850. The van der Waals surface area contributed by atoms with Gasteiger partial charge >= 0.3 is 0 Å². The predicted molar refractivity (Wildman–Crippen MR) is 67.5 cm³/mol. The Kier molecular flexibility index (Phi) is 4.76. The third kappa shape index (κ3) is 3.89. The molecule has 0 N–H and O–H groups in total. The maximum atomic E-state index is 12.2. The van der Waals surface area contributed by atoms with E-state index in [1.807, 2.05) is 0 Å². The average molecular weight is 241 g/mol. The third-order valence-electron chi connectivity index (χ3n) is 3.96. The van der Waals surface area contributed by atoms with Crippen LogP contribution >= 0.6 is 0 Å². The summed E-state index contributed by atoms with van der Waals surface area (Å²) in [7, 11) is 4.27. The predicted octanol–water partition coefficient (Wildman–Crippen LogP) is -0.762. The highest BCUT2D eigenvalue weighted by molar-refractivity contribution is 4.76. The normalized spacial score (nSPS) is 28.4. The standard InChI is InChI=1S/C12H25N4O/c1-13-3-7-15(8-4-13)11-12(17)16-9-5-14(2)6-10-16/h12H,3-11H2,1-2H3. The molecule has 5 nitrogen and oxygen atoms in total. The highest BCUT2D eigenvalue weighted by Gasteiger charge is 2.24. The van der Waals surface area contributed by atoms with Crippen LogP contribution in [0.1, 0.15) is 0 Å². The molecule has 0 amide bonds. The van der Waals surface area contributed by atoms with Crippen molar-refractivity contribution in [3.63, 3.8) is 0 Å². The summed E-state index contributed by atoms with van der Waals surface area (Å²) in [6.07, 6.45) is -0.535. The highest BCUT2D eigenvalue weighted by Crippen LogP contribution is 2.07. The van der Waals surface area contributed by atoms with Crippen LogP contribution in [0.5, 0.6) is 0 Å². The molecular formula is C12H25N4O. The second-order valence-corrected chi connectivity index (χ2v) is 5.40. The number of piperazine rings is 2. The SMILES string of the molecule is CN1CCN(CC([O])N2CCN(C)CC2)CC1. The Balaban J connectivity index is 1.71. The van der Waals surface area contributed by atoms with Gasteiger partial charge in [-0.05, 0) is 14.1 Å². The Bertz CT molecular complexity index is 223. The van der Waals surface area contributed by atoms with Crippen LogP contribution in [-0.2, 0) is 5.11 Å². The summed E-state index contributed by atoms with van der Waals surface area (Å²) in [5.41, 5.74) is 0. The van der Waals surface area contributed by atoms with Gasteiger partial charge in [-0.1, -0.05) is 0 Å². The summed E-state index contributed by atoms with van der Waals surface area (Å²) < 4.78 is 0. The minimum Gasteiger partial charge on any atom is -0.304 e. The van der Waals surface area contributed by atoms with Crippen LogP contribution < -0.4 is 0 Å². The zero-order valence-corrected chi connectivity index (χ0v) is 11.1. The van der Waals surface area contributed by atoms with Gasteiger partial charge in [0.05, 0.1) is 0 Å². The number of nitrogens with zero attached hydrogens (tertiary/aromatic N) is 4. The van der Waals surface area contributed by atoms with Gasteiger partial charge in [0.2, 0.25) is 0 Å². The molecule has 17 heavy (non-hydrogen) atoms. The highest BCUT2D eigenvalue weighted by atomic mass is 16.3. The fourth-order valence-corrected chi connectivity index (χ4v) is 2.48. The minimum atomic E-state index is -0.535. The first-order chi connectivity index (χ1) is 8.15. The summed E-state index contributed by atoms with van der Waals surface area (Å²) >= 11 is 0. The van der Waals surface area contributed by atoms with E-state index in [2.05, 4.69) is 33.7 Å². The van der Waals surface area contributed by atoms with E-state index in [-0.39, 0.29) is 0 Å². The summed E-state index contributed by atoms with van der Waals surface area (Å²) in [4.78, 5) is 9.03. The van der Waals surface area contributed by atoms with E-state index in [1.165, 1.54) is 0 Å². The van der Waals surface area contributed by atoms with Crippen molar-refractivity contribution in [2.45, 2.75) is 6.23 Å². The number of rotatable bonds is 3. The largest absolute Gasteiger partial charge is 0.304 e. The molecule has 2 saturated heterocycles. The molecule has 0 spiro atoms. The summed E-state index contributed by atoms with van der Waals surface area (Å²) in [6, 6.07) is 0. The van der Waals surface area contributed by atoms with Crippen molar-refractivity contribution < 1.29 is 5.11 Å². The zero-order chi connectivity index (χ0) is 12.3. The molecule has 2 rings (SSSR count). The van der Waals surface area contributed by atoms with E-state index in [0.717, 1.165) is 52.4 Å². The molecular weight excluding hydrogens is 216 g/mol. The first kappa shape index (κ1) is 13.2. The molecule has 99 valence electrons. The van der Waals surface area contributed by atoms with E-state index in [4.69, 9.17) is 0 Å². The molecule has 0 saturated carbocycles. The maximum absolute atomic E-state index is 12.2. The second kappa shape index (κ2) is 6.11. The molecule has 1 atom stereocenters. The van der Waals surface area contributed by atoms with Crippen LogP contribution in [0, 0.1) is 0 Å². The summed E-state index contributed by atoms with van der Waals surface area (Å²) in [6.45, 7) is 8.88. The summed E-state index contributed by atoms with van der Waals surface area (Å²) in [5, 5.41) is 12.2. The van der Waals surface area contributed by atoms with Gasteiger partial charge in [0.1, 0.15) is 0 Å². The van der Waals surface area contributed by atoms with Gasteiger partial charge in [-0.15, -0.1) is 0 Å². The molecule has 0 aromatic rings. The number of likely N-dealkylation sites (N-methyl/N-ethyl adjacent to an activating group) is 2. The first-order valence-electron chi connectivity index (χ1n) is 6.64. The van der Waals surface area contributed by atoms with Gasteiger partial charge in [-0.3, -0.25) is 9.80 Å². The van der Waals surface area contributed by atoms with Crippen LogP contribution in [0.4, 0.5) is 0 Å². The van der Waals surface area contributed by atoms with E-state index in [9.17, 15) is 5.11 Å². The average Bonchev–Trinajstić information content (AvgIpc) is 2.33. The molecule has 0 bridgehead atoms. The van der Waals surface area contributed by atoms with Crippen LogP contribution in [0.15, 0.2) is 0 Å². The van der Waals surface area contributed by atoms with Crippen molar-refractivity contribution in [3.05, 3.63) is 0 Å². The topological polar surface area (TPSA) is 32.9 Å². The Labute approximate surface area is 105 Å². The third-order valence-corrected chi connectivity index (χ3v) is 3.96. The van der Waals surface area contributed by atoms with E-state index in [1.54, 1.807) is 0 Å². The Hall–Kier alpha value is -0.200. The minimum absolute atomic E-state index is 0.535. The fraction of sp³-hybridized carbons (Fsp3) is 1.00. The van der Waals surface area contributed by atoms with Crippen molar-refractivity contribution in [1.82, 2.24) is 19.6 Å².